The fourth-order valence-electron chi connectivity index (χ4n) is 2.80. The van der Waals surface area contributed by atoms with Gasteiger partial charge in [0.2, 0.25) is 0 Å². The molecule has 0 unspecified atom stereocenters. The molecule has 164 valence electrons. The number of aryl methyl sites for hydroxylation is 1. The zero-order chi connectivity index (χ0) is 23.0. The van der Waals surface area contributed by atoms with Crippen molar-refractivity contribution in [2.45, 2.75) is 19.6 Å². The summed E-state index contributed by atoms with van der Waals surface area (Å²) in [7, 11) is 2.67. The minimum absolute atomic E-state index is 0.0255. The van der Waals surface area contributed by atoms with Crippen LogP contribution >= 0.6 is 0 Å². The quantitative estimate of drug-likeness (QED) is 0.455. The van der Waals surface area contributed by atoms with Gasteiger partial charge in [0, 0.05) is 14.1 Å². The van der Waals surface area contributed by atoms with E-state index in [4.69, 9.17) is 4.74 Å². The summed E-state index contributed by atoms with van der Waals surface area (Å²) >= 11 is 0. The Kier molecular flexibility index (Phi) is 5.69. The number of benzene rings is 1. The number of aromatic nitrogens is 4. The highest BCUT2D eigenvalue weighted by atomic mass is 19.2. The molecule has 1 N–H and O–H groups in total. The monoisotopic (exact) mass is 439 g/mol. The predicted octanol–water partition coefficient (Wildman–Crippen LogP) is 0.421. The molecule has 31 heavy (non-hydrogen) atoms. The Morgan fingerprint density at radius 2 is 1.81 bits per heavy atom. The molecule has 1 atom stereocenters. The van der Waals surface area contributed by atoms with Gasteiger partial charge in [0.15, 0.2) is 34.7 Å². The molecule has 0 radical (unpaired) electrons. The van der Waals surface area contributed by atoms with Gasteiger partial charge < -0.3 is 14.6 Å². The van der Waals surface area contributed by atoms with Crippen molar-refractivity contribution in [3.63, 3.8) is 0 Å². The number of fused-ring (bicyclic) bond motifs is 1. The molecule has 1 amide bonds. The first kappa shape index (κ1) is 21.8. The van der Waals surface area contributed by atoms with Crippen LogP contribution in [0.5, 0.6) is 0 Å². The van der Waals surface area contributed by atoms with E-state index in [1.807, 2.05) is 5.32 Å². The summed E-state index contributed by atoms with van der Waals surface area (Å²) in [6.45, 7) is 0.668. The van der Waals surface area contributed by atoms with Crippen LogP contribution in [-0.4, -0.2) is 36.7 Å². The lowest BCUT2D eigenvalue weighted by atomic mass is 10.2. The Balaban J connectivity index is 1.74. The summed E-state index contributed by atoms with van der Waals surface area (Å²) in [6.07, 6.45) is -0.268. The van der Waals surface area contributed by atoms with Gasteiger partial charge in [0.05, 0.1) is 12.0 Å². The third-order valence-electron chi connectivity index (χ3n) is 4.49. The van der Waals surface area contributed by atoms with E-state index in [1.165, 1.54) is 21.0 Å². The number of hydrogen-bond donors (Lipinski definition) is 1. The second-order valence-electron chi connectivity index (χ2n) is 6.59. The Hall–Kier alpha value is -3.90. The minimum atomic E-state index is -1.76. The maximum absolute atomic E-state index is 13.7. The lowest BCUT2D eigenvalue weighted by molar-refractivity contribution is -0.153. The summed E-state index contributed by atoms with van der Waals surface area (Å²) in [5.41, 5.74) is -1.87. The van der Waals surface area contributed by atoms with Crippen LogP contribution < -0.4 is 16.6 Å². The molecular weight excluding hydrogens is 423 g/mol. The second kappa shape index (κ2) is 8.08. The van der Waals surface area contributed by atoms with Crippen LogP contribution in [0.3, 0.4) is 0 Å². The van der Waals surface area contributed by atoms with Crippen molar-refractivity contribution in [1.82, 2.24) is 18.7 Å². The number of nitrogens with one attached hydrogen (secondary N) is 1. The largest absolute Gasteiger partial charge is 0.451 e. The molecule has 0 fully saturated rings. The zero-order valence-electron chi connectivity index (χ0n) is 16.5. The molecule has 0 saturated heterocycles. The second-order valence-corrected chi connectivity index (χ2v) is 6.59. The number of amides is 1. The predicted molar refractivity (Wildman–Crippen MR) is 101 cm³/mol. The molecule has 3 rings (SSSR count). The van der Waals surface area contributed by atoms with E-state index in [2.05, 4.69) is 4.98 Å². The highest BCUT2D eigenvalue weighted by Gasteiger charge is 2.22. The Bertz CT molecular complexity index is 1330. The standard InChI is InChI=1S/C18H16F3N5O5/c1-8(16(28)23-10-5-4-9(19)12(20)13(10)21)31-11(27)6-26-7-22-15-14(26)17(29)25(3)18(30)24(15)2/h4-5,7-8H,6H2,1-3H3,(H,23,28)/t8-/m1/s1. The molecule has 0 spiro atoms. The highest BCUT2D eigenvalue weighted by Crippen LogP contribution is 2.20. The topological polar surface area (TPSA) is 117 Å². The van der Waals surface area contributed by atoms with E-state index in [1.54, 1.807) is 0 Å². The Morgan fingerprint density at radius 3 is 2.48 bits per heavy atom. The van der Waals surface area contributed by atoms with Crippen molar-refractivity contribution in [3.05, 3.63) is 56.7 Å². The molecule has 0 aliphatic heterocycles. The van der Waals surface area contributed by atoms with Crippen LogP contribution in [0.1, 0.15) is 6.92 Å². The molecule has 0 aliphatic rings. The molecule has 0 aliphatic carbocycles. The summed E-state index contributed by atoms with van der Waals surface area (Å²) in [5, 5.41) is 1.99. The number of imidazole rings is 1. The van der Waals surface area contributed by atoms with Crippen molar-refractivity contribution >= 4 is 28.7 Å². The normalized spacial score (nSPS) is 12.1. The van der Waals surface area contributed by atoms with Crippen LogP contribution in [0.4, 0.5) is 18.9 Å². The van der Waals surface area contributed by atoms with E-state index >= 15 is 0 Å². The van der Waals surface area contributed by atoms with Gasteiger partial charge in [0.1, 0.15) is 6.54 Å². The average molecular weight is 439 g/mol. The van der Waals surface area contributed by atoms with E-state index in [-0.39, 0.29) is 11.2 Å². The van der Waals surface area contributed by atoms with Crippen molar-refractivity contribution in [1.29, 1.82) is 0 Å². The van der Waals surface area contributed by atoms with Gasteiger partial charge in [-0.15, -0.1) is 0 Å². The van der Waals surface area contributed by atoms with Crippen LogP contribution in [-0.2, 0) is 35.0 Å². The lowest BCUT2D eigenvalue weighted by Gasteiger charge is -2.14. The van der Waals surface area contributed by atoms with Gasteiger partial charge in [-0.3, -0.25) is 23.5 Å². The zero-order valence-corrected chi connectivity index (χ0v) is 16.5. The summed E-state index contributed by atoms with van der Waals surface area (Å²) in [5.74, 6) is -6.72. The van der Waals surface area contributed by atoms with Crippen molar-refractivity contribution in [2.24, 2.45) is 14.1 Å². The first-order chi connectivity index (χ1) is 14.5. The van der Waals surface area contributed by atoms with Gasteiger partial charge in [-0.05, 0) is 19.1 Å². The van der Waals surface area contributed by atoms with Crippen molar-refractivity contribution in [3.8, 4) is 0 Å². The molecule has 1 aromatic carbocycles. The lowest BCUT2D eigenvalue weighted by Crippen LogP contribution is -2.38. The highest BCUT2D eigenvalue weighted by molar-refractivity contribution is 5.95. The molecule has 13 heteroatoms. The van der Waals surface area contributed by atoms with E-state index < -0.39 is 58.9 Å². The Morgan fingerprint density at radius 1 is 1.13 bits per heavy atom. The van der Waals surface area contributed by atoms with Crippen LogP contribution in [0, 0.1) is 17.5 Å². The van der Waals surface area contributed by atoms with Gasteiger partial charge in [-0.2, -0.15) is 0 Å². The number of ether oxygens (including phenoxy) is 1. The summed E-state index contributed by atoms with van der Waals surface area (Å²) < 4.78 is 48.0. The molecule has 2 heterocycles. The number of anilines is 1. The number of carbonyl (C=O) groups is 2. The maximum Gasteiger partial charge on any atom is 0.332 e. The van der Waals surface area contributed by atoms with Gasteiger partial charge >= 0.3 is 11.7 Å². The van der Waals surface area contributed by atoms with Crippen LogP contribution in [0.25, 0.3) is 11.2 Å². The van der Waals surface area contributed by atoms with Gasteiger partial charge in [0.25, 0.3) is 11.5 Å². The SMILES string of the molecule is C[C@@H](OC(=O)Cn1cnc2c1c(=O)n(C)c(=O)n2C)C(=O)Nc1ccc(F)c(F)c1F. The Labute approximate surface area is 171 Å². The molecule has 3 aromatic rings. The number of esters is 1. The maximum atomic E-state index is 13.7. The number of carbonyl (C=O) groups excluding carboxylic acids is 2. The number of halogens is 3. The van der Waals surface area contributed by atoms with E-state index in [0.29, 0.717) is 6.07 Å². The first-order valence-electron chi connectivity index (χ1n) is 8.77. The van der Waals surface area contributed by atoms with Crippen molar-refractivity contribution < 1.29 is 27.5 Å². The van der Waals surface area contributed by atoms with E-state index in [9.17, 15) is 32.3 Å². The number of rotatable bonds is 5. The molecule has 10 nitrogen and oxygen atoms in total. The number of nitrogens with zero attached hydrogens (tertiary/aromatic N) is 4. The summed E-state index contributed by atoms with van der Waals surface area (Å²) in [6, 6.07) is 1.44. The molecule has 2 aromatic heterocycles. The molecular formula is C18H16F3N5O5. The van der Waals surface area contributed by atoms with Crippen molar-refractivity contribution in [2.75, 3.05) is 5.32 Å². The third kappa shape index (κ3) is 3.93. The number of hydrogen-bond acceptors (Lipinski definition) is 6. The molecule has 0 bridgehead atoms. The van der Waals surface area contributed by atoms with E-state index in [0.717, 1.165) is 26.1 Å². The third-order valence-corrected chi connectivity index (χ3v) is 4.49. The minimum Gasteiger partial charge on any atom is -0.451 e. The van der Waals surface area contributed by atoms with Crippen LogP contribution in [0.15, 0.2) is 28.0 Å². The first-order valence-corrected chi connectivity index (χ1v) is 8.77. The molecule has 0 saturated carbocycles. The van der Waals surface area contributed by atoms with Crippen LogP contribution in [0.2, 0.25) is 0 Å². The van der Waals surface area contributed by atoms with Gasteiger partial charge in [-0.25, -0.2) is 22.9 Å². The van der Waals surface area contributed by atoms with Gasteiger partial charge in [-0.1, -0.05) is 0 Å². The fourth-order valence-corrected chi connectivity index (χ4v) is 2.80. The summed E-state index contributed by atoms with van der Waals surface area (Å²) in [4.78, 5) is 52.6. The average Bonchev–Trinajstić information content (AvgIpc) is 3.14. The fraction of sp³-hybridized carbons (Fsp3) is 0.278. The smallest absolute Gasteiger partial charge is 0.332 e.